The molecule has 1 amide bonds. The van der Waals surface area contributed by atoms with Crippen LogP contribution in [0.3, 0.4) is 0 Å². The molecule has 114 valence electrons. The monoisotopic (exact) mass is 317 g/mol. The molecular formula is C12H12FNO6S. The molecule has 0 saturated carbocycles. The highest BCUT2D eigenvalue weighted by molar-refractivity contribution is 7.87. The van der Waals surface area contributed by atoms with Crippen LogP contribution in [0.4, 0.5) is 3.89 Å². The maximum atomic E-state index is 13.0. The van der Waals surface area contributed by atoms with Gasteiger partial charge >= 0.3 is 16.2 Å². The Kier molecular flexibility index (Phi) is 3.86. The summed E-state index contributed by atoms with van der Waals surface area (Å²) in [4.78, 5) is 24.0. The van der Waals surface area contributed by atoms with Crippen molar-refractivity contribution in [1.29, 1.82) is 0 Å². The molecule has 1 heterocycles. The standard InChI is InChI=1S/C12H12FNO6S/c13-21(19,20)9-5-10(16)14(6-9)11(12(17)18)7-1-3-8(15)4-2-7/h1-4,9,11,15H,5-6H2,(H,17,18). The number of aliphatic carboxylic acids is 1. The molecule has 2 N–H and O–H groups in total. The Bertz CT molecular complexity index is 671. The van der Waals surface area contributed by atoms with Crippen molar-refractivity contribution in [3.8, 4) is 5.75 Å². The topological polar surface area (TPSA) is 112 Å². The zero-order chi connectivity index (χ0) is 15.8. The van der Waals surface area contributed by atoms with Crippen molar-refractivity contribution in [2.45, 2.75) is 17.7 Å². The van der Waals surface area contributed by atoms with E-state index in [1.807, 2.05) is 0 Å². The maximum absolute atomic E-state index is 13.0. The second-order valence-corrected chi connectivity index (χ2v) is 6.30. The summed E-state index contributed by atoms with van der Waals surface area (Å²) in [6.45, 7) is -0.518. The highest BCUT2D eigenvalue weighted by Gasteiger charge is 2.43. The maximum Gasteiger partial charge on any atom is 0.331 e. The number of aromatic hydroxyl groups is 1. The van der Waals surface area contributed by atoms with Crippen molar-refractivity contribution in [2.75, 3.05) is 6.54 Å². The Morgan fingerprint density at radius 3 is 2.33 bits per heavy atom. The number of carboxylic acids is 1. The third-order valence-corrected chi connectivity index (χ3v) is 4.39. The van der Waals surface area contributed by atoms with E-state index in [0.29, 0.717) is 0 Å². The number of benzene rings is 1. The molecule has 0 aromatic heterocycles. The first kappa shape index (κ1) is 15.2. The lowest BCUT2D eigenvalue weighted by Crippen LogP contribution is -2.36. The van der Waals surface area contributed by atoms with E-state index in [4.69, 9.17) is 0 Å². The van der Waals surface area contributed by atoms with E-state index in [1.165, 1.54) is 24.3 Å². The fourth-order valence-electron chi connectivity index (χ4n) is 2.25. The summed E-state index contributed by atoms with van der Waals surface area (Å²) in [6, 6.07) is 3.67. The molecule has 1 aromatic carbocycles. The molecule has 2 rings (SSSR count). The Balaban J connectivity index is 2.34. The van der Waals surface area contributed by atoms with Gasteiger partial charge in [-0.3, -0.25) is 4.79 Å². The van der Waals surface area contributed by atoms with Crippen LogP contribution in [-0.4, -0.2) is 47.2 Å². The van der Waals surface area contributed by atoms with Gasteiger partial charge in [0.1, 0.15) is 11.0 Å². The van der Waals surface area contributed by atoms with E-state index < -0.39 is 46.4 Å². The van der Waals surface area contributed by atoms with Gasteiger partial charge < -0.3 is 15.1 Å². The number of likely N-dealkylation sites (tertiary alicyclic amines) is 1. The Morgan fingerprint density at radius 1 is 1.33 bits per heavy atom. The van der Waals surface area contributed by atoms with E-state index in [1.54, 1.807) is 0 Å². The quantitative estimate of drug-likeness (QED) is 0.778. The smallest absolute Gasteiger partial charge is 0.331 e. The van der Waals surface area contributed by atoms with Crippen molar-refractivity contribution < 1.29 is 32.1 Å². The molecular weight excluding hydrogens is 305 g/mol. The number of phenols is 1. The van der Waals surface area contributed by atoms with Crippen molar-refractivity contribution in [3.63, 3.8) is 0 Å². The van der Waals surface area contributed by atoms with Gasteiger partial charge in [0.15, 0.2) is 6.04 Å². The molecule has 2 unspecified atom stereocenters. The van der Waals surface area contributed by atoms with E-state index in [-0.39, 0.29) is 11.3 Å². The predicted molar refractivity (Wildman–Crippen MR) is 68.6 cm³/mol. The summed E-state index contributed by atoms with van der Waals surface area (Å²) < 4.78 is 34.7. The van der Waals surface area contributed by atoms with Crippen LogP contribution in [0.2, 0.25) is 0 Å². The SMILES string of the molecule is O=C(O)C(c1ccc(O)cc1)N1CC(S(=O)(=O)F)CC1=O. The van der Waals surface area contributed by atoms with E-state index in [0.717, 1.165) is 4.90 Å². The first-order chi connectivity index (χ1) is 9.70. The summed E-state index contributed by atoms with van der Waals surface area (Å²) in [5.41, 5.74) is 0.186. The minimum atomic E-state index is -4.91. The molecule has 0 bridgehead atoms. The minimum absolute atomic E-state index is 0.0835. The van der Waals surface area contributed by atoms with Crippen LogP contribution in [0, 0.1) is 0 Å². The zero-order valence-electron chi connectivity index (χ0n) is 10.6. The van der Waals surface area contributed by atoms with Gasteiger partial charge in [0.05, 0.1) is 0 Å². The van der Waals surface area contributed by atoms with Crippen LogP contribution < -0.4 is 0 Å². The number of rotatable bonds is 4. The van der Waals surface area contributed by atoms with Gasteiger partial charge in [-0.15, -0.1) is 3.89 Å². The lowest BCUT2D eigenvalue weighted by Gasteiger charge is -2.24. The van der Waals surface area contributed by atoms with Crippen molar-refractivity contribution >= 4 is 22.1 Å². The predicted octanol–water partition coefficient (Wildman–Crippen LogP) is 0.418. The summed E-state index contributed by atoms with van der Waals surface area (Å²) >= 11 is 0. The van der Waals surface area contributed by atoms with Crippen LogP contribution in [0.15, 0.2) is 24.3 Å². The largest absolute Gasteiger partial charge is 0.508 e. The normalized spacial score (nSPS) is 20.5. The number of carbonyl (C=O) groups is 2. The fourth-order valence-corrected chi connectivity index (χ4v) is 2.93. The number of nitrogens with zero attached hydrogens (tertiary/aromatic N) is 1. The number of hydrogen-bond donors (Lipinski definition) is 2. The van der Waals surface area contributed by atoms with Gasteiger partial charge in [-0.05, 0) is 17.7 Å². The molecule has 7 nitrogen and oxygen atoms in total. The molecule has 1 saturated heterocycles. The first-order valence-corrected chi connectivity index (χ1v) is 7.39. The number of amides is 1. The third kappa shape index (κ3) is 3.13. The van der Waals surface area contributed by atoms with Crippen LogP contribution in [0.5, 0.6) is 5.75 Å². The number of carboxylic acid groups (broad SMARTS) is 1. The van der Waals surface area contributed by atoms with Gasteiger partial charge in [-0.1, -0.05) is 12.1 Å². The van der Waals surface area contributed by atoms with E-state index in [2.05, 4.69) is 0 Å². The number of carbonyl (C=O) groups excluding carboxylic acids is 1. The van der Waals surface area contributed by atoms with Gasteiger partial charge in [-0.2, -0.15) is 8.42 Å². The Morgan fingerprint density at radius 2 is 1.90 bits per heavy atom. The summed E-state index contributed by atoms with van der Waals surface area (Å²) in [7, 11) is -4.91. The van der Waals surface area contributed by atoms with E-state index >= 15 is 0 Å². The zero-order valence-corrected chi connectivity index (χ0v) is 11.5. The molecule has 1 aliphatic heterocycles. The molecule has 1 fully saturated rings. The van der Waals surface area contributed by atoms with Crippen molar-refractivity contribution in [2.24, 2.45) is 0 Å². The molecule has 1 aliphatic rings. The molecule has 2 atom stereocenters. The Labute approximate surface area is 119 Å². The number of halogens is 1. The van der Waals surface area contributed by atoms with Crippen LogP contribution >= 0.6 is 0 Å². The van der Waals surface area contributed by atoms with Gasteiger partial charge in [0.25, 0.3) is 0 Å². The van der Waals surface area contributed by atoms with Crippen LogP contribution in [-0.2, 0) is 19.8 Å². The van der Waals surface area contributed by atoms with Crippen LogP contribution in [0.25, 0.3) is 0 Å². The van der Waals surface area contributed by atoms with Crippen molar-refractivity contribution in [3.05, 3.63) is 29.8 Å². The summed E-state index contributed by atoms with van der Waals surface area (Å²) in [6.07, 6.45) is -0.583. The molecule has 0 spiro atoms. The van der Waals surface area contributed by atoms with Gasteiger partial charge in [0, 0.05) is 13.0 Å². The van der Waals surface area contributed by atoms with Crippen LogP contribution in [0.1, 0.15) is 18.0 Å². The first-order valence-electron chi connectivity index (χ1n) is 5.95. The van der Waals surface area contributed by atoms with Gasteiger partial charge in [0.2, 0.25) is 5.91 Å². The Hall–Kier alpha value is -2.16. The summed E-state index contributed by atoms with van der Waals surface area (Å²) in [5.74, 6) is -2.20. The third-order valence-electron chi connectivity index (χ3n) is 3.28. The molecule has 21 heavy (non-hydrogen) atoms. The van der Waals surface area contributed by atoms with Crippen molar-refractivity contribution in [1.82, 2.24) is 4.90 Å². The molecule has 1 aromatic rings. The highest BCUT2D eigenvalue weighted by Crippen LogP contribution is 2.30. The average molecular weight is 317 g/mol. The van der Waals surface area contributed by atoms with Gasteiger partial charge in [-0.25, -0.2) is 4.79 Å². The minimum Gasteiger partial charge on any atom is -0.508 e. The molecule has 0 aliphatic carbocycles. The van der Waals surface area contributed by atoms with E-state index in [9.17, 15) is 32.1 Å². The second kappa shape index (κ2) is 5.32. The number of phenolic OH excluding ortho intramolecular Hbond substituents is 1. The highest BCUT2D eigenvalue weighted by atomic mass is 32.3. The fraction of sp³-hybridized carbons (Fsp3) is 0.333. The average Bonchev–Trinajstić information content (AvgIpc) is 2.74. The molecule has 9 heteroatoms. The molecule has 0 radical (unpaired) electrons. The second-order valence-electron chi connectivity index (χ2n) is 4.68. The number of hydrogen-bond acceptors (Lipinski definition) is 5. The lowest BCUT2D eigenvalue weighted by atomic mass is 10.1. The lowest BCUT2D eigenvalue weighted by molar-refractivity contribution is -0.148. The summed E-state index contributed by atoms with van der Waals surface area (Å²) in [5, 5.41) is 16.9.